The van der Waals surface area contributed by atoms with Crippen LogP contribution in [-0.2, 0) is 0 Å². The van der Waals surface area contributed by atoms with Gasteiger partial charge in [0.2, 0.25) is 0 Å². The zero-order valence-electron chi connectivity index (χ0n) is 14.9. The van der Waals surface area contributed by atoms with Crippen molar-refractivity contribution in [2.75, 3.05) is 10.6 Å². The van der Waals surface area contributed by atoms with Crippen molar-refractivity contribution in [3.8, 4) is 22.6 Å². The van der Waals surface area contributed by atoms with Gasteiger partial charge in [0.1, 0.15) is 0 Å². The van der Waals surface area contributed by atoms with E-state index in [4.69, 9.17) is 4.74 Å². The van der Waals surface area contributed by atoms with E-state index in [1.54, 1.807) is 11.8 Å². The summed E-state index contributed by atoms with van der Waals surface area (Å²) in [6.45, 7) is 0. The van der Waals surface area contributed by atoms with Gasteiger partial charge in [-0.2, -0.15) is 0 Å². The van der Waals surface area contributed by atoms with E-state index in [1.165, 1.54) is 9.79 Å². The first-order valence-corrected chi connectivity index (χ1v) is 10.0. The zero-order chi connectivity index (χ0) is 18.5. The maximum atomic E-state index is 6.12. The fourth-order valence-corrected chi connectivity index (χ4v) is 4.67. The molecule has 0 bridgehead atoms. The van der Waals surface area contributed by atoms with Crippen molar-refractivity contribution in [3.63, 3.8) is 0 Å². The lowest BCUT2D eigenvalue weighted by Crippen LogP contribution is -2.04. The molecule has 0 amide bonds. The first-order valence-electron chi connectivity index (χ1n) is 9.20. The smallest absolute Gasteiger partial charge is 0.151 e. The molecule has 0 fully saturated rings. The number of para-hydroxylation sites is 4. The summed E-state index contributed by atoms with van der Waals surface area (Å²) >= 11 is 1.80. The number of fused-ring (bicyclic) bond motifs is 4. The van der Waals surface area contributed by atoms with Crippen LogP contribution in [0.15, 0.2) is 94.7 Å². The van der Waals surface area contributed by atoms with E-state index in [9.17, 15) is 0 Å². The van der Waals surface area contributed by atoms with Crippen LogP contribution in [0.25, 0.3) is 11.1 Å². The topological polar surface area (TPSA) is 33.3 Å². The first kappa shape index (κ1) is 15.7. The minimum atomic E-state index is 0.849. The molecule has 6 rings (SSSR count). The maximum absolute atomic E-state index is 6.12. The molecule has 3 nitrogen and oxygen atoms in total. The minimum absolute atomic E-state index is 0.849. The van der Waals surface area contributed by atoms with E-state index < -0.39 is 0 Å². The van der Waals surface area contributed by atoms with Gasteiger partial charge in [0.15, 0.2) is 11.5 Å². The molecule has 2 aliphatic heterocycles. The molecule has 0 atom stereocenters. The Balaban J connectivity index is 1.43. The summed E-state index contributed by atoms with van der Waals surface area (Å²) in [7, 11) is 0. The molecule has 0 aromatic heterocycles. The van der Waals surface area contributed by atoms with Crippen LogP contribution in [0.4, 0.5) is 22.7 Å². The Kier molecular flexibility index (Phi) is 3.40. The average Bonchev–Trinajstić information content (AvgIpc) is 2.75. The van der Waals surface area contributed by atoms with Crippen LogP contribution in [0.5, 0.6) is 11.5 Å². The largest absolute Gasteiger partial charge is 0.453 e. The van der Waals surface area contributed by atoms with Gasteiger partial charge in [0, 0.05) is 15.4 Å². The van der Waals surface area contributed by atoms with Crippen LogP contribution in [0.3, 0.4) is 0 Å². The Morgan fingerprint density at radius 1 is 0.607 bits per heavy atom. The highest BCUT2D eigenvalue weighted by molar-refractivity contribution is 7.99. The van der Waals surface area contributed by atoms with Gasteiger partial charge in [-0.1, -0.05) is 54.2 Å². The normalized spacial score (nSPS) is 13.0. The third-order valence-electron chi connectivity index (χ3n) is 5.06. The standard InChI is InChI=1S/C24H16N2OS/c1-3-9-20-17(7-1)26-24-16(6-5-10-21(24)27-20)15-12-13-23-19(14-15)25-18-8-2-4-11-22(18)28-23/h1-14,25-26H. The van der Waals surface area contributed by atoms with Gasteiger partial charge < -0.3 is 15.4 Å². The highest BCUT2D eigenvalue weighted by atomic mass is 32.2. The van der Waals surface area contributed by atoms with E-state index in [0.717, 1.165) is 45.4 Å². The van der Waals surface area contributed by atoms with Crippen LogP contribution < -0.4 is 15.4 Å². The summed E-state index contributed by atoms with van der Waals surface area (Å²) in [5, 5.41) is 7.13. The Labute approximate surface area is 167 Å². The minimum Gasteiger partial charge on any atom is -0.453 e. The zero-order valence-corrected chi connectivity index (χ0v) is 15.7. The second kappa shape index (κ2) is 6.08. The van der Waals surface area contributed by atoms with Crippen LogP contribution in [-0.4, -0.2) is 0 Å². The average molecular weight is 380 g/mol. The molecule has 2 aliphatic rings. The molecular formula is C24H16N2OS. The molecule has 4 heteroatoms. The Morgan fingerprint density at radius 2 is 1.39 bits per heavy atom. The summed E-state index contributed by atoms with van der Waals surface area (Å²) in [6.07, 6.45) is 0. The highest BCUT2D eigenvalue weighted by Crippen LogP contribution is 2.49. The number of hydrogen-bond donors (Lipinski definition) is 2. The third-order valence-corrected chi connectivity index (χ3v) is 6.21. The monoisotopic (exact) mass is 380 g/mol. The molecular weight excluding hydrogens is 364 g/mol. The summed E-state index contributed by atoms with van der Waals surface area (Å²) in [5.74, 6) is 1.70. The molecule has 0 unspecified atom stereocenters. The Morgan fingerprint density at radius 3 is 2.36 bits per heavy atom. The van der Waals surface area contributed by atoms with E-state index in [2.05, 4.69) is 59.2 Å². The van der Waals surface area contributed by atoms with Gasteiger partial charge in [-0.3, -0.25) is 0 Å². The number of rotatable bonds is 1. The van der Waals surface area contributed by atoms with Gasteiger partial charge in [-0.25, -0.2) is 0 Å². The number of anilines is 4. The Bertz CT molecular complexity index is 1230. The number of ether oxygens (including phenoxy) is 1. The second-order valence-electron chi connectivity index (χ2n) is 6.84. The summed E-state index contributed by atoms with van der Waals surface area (Å²) in [6, 6.07) is 29.2. The lowest BCUT2D eigenvalue weighted by molar-refractivity contribution is 0.481. The molecule has 4 aromatic rings. The first-order chi connectivity index (χ1) is 13.8. The lowest BCUT2D eigenvalue weighted by Gasteiger charge is -2.25. The molecule has 28 heavy (non-hydrogen) atoms. The van der Waals surface area contributed by atoms with Crippen molar-refractivity contribution in [2.24, 2.45) is 0 Å². The molecule has 0 saturated heterocycles. The van der Waals surface area contributed by atoms with E-state index >= 15 is 0 Å². The van der Waals surface area contributed by atoms with E-state index in [1.807, 2.05) is 36.4 Å². The van der Waals surface area contributed by atoms with Crippen molar-refractivity contribution in [3.05, 3.63) is 84.9 Å². The predicted molar refractivity (Wildman–Crippen MR) is 116 cm³/mol. The Hall–Kier alpha value is -3.37. The molecule has 2 heterocycles. The van der Waals surface area contributed by atoms with Gasteiger partial charge in [0.25, 0.3) is 0 Å². The lowest BCUT2D eigenvalue weighted by atomic mass is 10.0. The second-order valence-corrected chi connectivity index (χ2v) is 7.92. The molecule has 0 radical (unpaired) electrons. The molecule has 134 valence electrons. The van der Waals surface area contributed by atoms with Crippen molar-refractivity contribution in [1.29, 1.82) is 0 Å². The van der Waals surface area contributed by atoms with Crippen molar-refractivity contribution in [2.45, 2.75) is 9.79 Å². The fraction of sp³-hybridized carbons (Fsp3) is 0. The summed E-state index contributed by atoms with van der Waals surface area (Å²) in [4.78, 5) is 2.49. The molecule has 0 saturated carbocycles. The number of hydrogen-bond acceptors (Lipinski definition) is 4. The fourth-order valence-electron chi connectivity index (χ4n) is 3.70. The molecule has 0 aliphatic carbocycles. The predicted octanol–water partition coefficient (Wildman–Crippen LogP) is 7.41. The molecule has 0 spiro atoms. The van der Waals surface area contributed by atoms with E-state index in [-0.39, 0.29) is 0 Å². The van der Waals surface area contributed by atoms with Gasteiger partial charge in [0.05, 0.1) is 22.7 Å². The molecule has 2 N–H and O–H groups in total. The number of nitrogens with one attached hydrogen (secondary N) is 2. The van der Waals surface area contributed by atoms with Crippen molar-refractivity contribution < 1.29 is 4.74 Å². The highest BCUT2D eigenvalue weighted by Gasteiger charge is 2.21. The van der Waals surface area contributed by atoms with Crippen LogP contribution in [0.2, 0.25) is 0 Å². The van der Waals surface area contributed by atoms with Crippen molar-refractivity contribution >= 4 is 34.5 Å². The summed E-state index contributed by atoms with van der Waals surface area (Å²) < 4.78 is 6.12. The van der Waals surface area contributed by atoms with Gasteiger partial charge >= 0.3 is 0 Å². The molecule has 4 aromatic carbocycles. The van der Waals surface area contributed by atoms with Crippen LogP contribution in [0.1, 0.15) is 0 Å². The van der Waals surface area contributed by atoms with Crippen LogP contribution in [0, 0.1) is 0 Å². The number of benzene rings is 4. The quantitative estimate of drug-likeness (QED) is 0.311. The van der Waals surface area contributed by atoms with Gasteiger partial charge in [-0.15, -0.1) is 0 Å². The SMILES string of the molecule is c1ccc2c(c1)Nc1c(cccc1-c1ccc3c(c1)Nc1ccccc1S3)O2. The van der Waals surface area contributed by atoms with Crippen molar-refractivity contribution in [1.82, 2.24) is 0 Å². The van der Waals surface area contributed by atoms with Crippen LogP contribution >= 0.6 is 11.8 Å². The van der Waals surface area contributed by atoms with E-state index in [0.29, 0.717) is 0 Å². The van der Waals surface area contributed by atoms with Gasteiger partial charge in [-0.05, 0) is 48.0 Å². The third kappa shape index (κ3) is 2.46. The maximum Gasteiger partial charge on any atom is 0.151 e. The summed E-state index contributed by atoms with van der Waals surface area (Å²) in [5.41, 5.74) is 6.56.